The van der Waals surface area contributed by atoms with Crippen LogP contribution in [0.2, 0.25) is 0 Å². The van der Waals surface area contributed by atoms with Gasteiger partial charge in [-0.2, -0.15) is 0 Å². The molecular formula is C14H20N4OS. The molecule has 1 aromatic rings. The molecule has 0 bridgehead atoms. The summed E-state index contributed by atoms with van der Waals surface area (Å²) >= 11 is 1.49. The zero-order chi connectivity index (χ0) is 13.8. The molecular weight excluding hydrogens is 272 g/mol. The topological polar surface area (TPSA) is 66.9 Å². The maximum absolute atomic E-state index is 11.7. The molecule has 0 spiro atoms. The quantitative estimate of drug-likeness (QED) is 0.817. The predicted octanol–water partition coefficient (Wildman–Crippen LogP) is 3.43. The highest BCUT2D eigenvalue weighted by atomic mass is 32.1. The van der Waals surface area contributed by atoms with Crippen LogP contribution >= 0.6 is 11.3 Å². The van der Waals surface area contributed by atoms with Gasteiger partial charge < -0.3 is 5.32 Å². The third-order valence-electron chi connectivity index (χ3n) is 3.70. The van der Waals surface area contributed by atoms with Crippen LogP contribution in [0.4, 0.5) is 9.93 Å². The molecule has 2 aliphatic rings. The van der Waals surface area contributed by atoms with Crippen LogP contribution in [0.25, 0.3) is 0 Å². The number of nitrogens with one attached hydrogen (secondary N) is 2. The fraction of sp³-hybridized carbons (Fsp3) is 0.643. The fourth-order valence-electron chi connectivity index (χ4n) is 2.39. The number of allylic oxidation sites excluding steroid dienone is 1. The van der Waals surface area contributed by atoms with Crippen LogP contribution in [0.5, 0.6) is 0 Å². The van der Waals surface area contributed by atoms with Gasteiger partial charge in [0.05, 0.1) is 0 Å². The molecule has 1 saturated carbocycles. The lowest BCUT2D eigenvalue weighted by Gasteiger charge is -2.12. The molecule has 20 heavy (non-hydrogen) atoms. The van der Waals surface area contributed by atoms with Crippen molar-refractivity contribution in [1.29, 1.82) is 0 Å². The summed E-state index contributed by atoms with van der Waals surface area (Å²) in [7, 11) is 0. The third-order valence-corrected chi connectivity index (χ3v) is 4.71. The first-order chi connectivity index (χ1) is 9.81. The van der Waals surface area contributed by atoms with Crippen LogP contribution < -0.4 is 10.6 Å². The van der Waals surface area contributed by atoms with Crippen LogP contribution in [0.3, 0.4) is 0 Å². The Balaban J connectivity index is 1.38. The summed E-state index contributed by atoms with van der Waals surface area (Å²) in [5, 5.41) is 15.4. The Hall–Kier alpha value is -1.43. The van der Waals surface area contributed by atoms with Gasteiger partial charge in [0, 0.05) is 12.5 Å². The molecule has 6 heteroatoms. The molecule has 108 valence electrons. The van der Waals surface area contributed by atoms with E-state index in [2.05, 4.69) is 26.9 Å². The highest BCUT2D eigenvalue weighted by Crippen LogP contribution is 2.41. The molecule has 2 aliphatic carbocycles. The van der Waals surface area contributed by atoms with Crippen molar-refractivity contribution in [1.82, 2.24) is 15.5 Å². The Bertz CT molecular complexity index is 507. The van der Waals surface area contributed by atoms with Crippen molar-refractivity contribution in [2.45, 2.75) is 50.9 Å². The summed E-state index contributed by atoms with van der Waals surface area (Å²) in [6, 6.07) is -0.181. The Kier molecular flexibility index (Phi) is 4.30. The molecule has 0 radical (unpaired) electrons. The summed E-state index contributed by atoms with van der Waals surface area (Å²) in [6.45, 7) is 0.686. The zero-order valence-electron chi connectivity index (χ0n) is 11.5. The maximum atomic E-state index is 11.7. The molecule has 1 heterocycles. The summed E-state index contributed by atoms with van der Waals surface area (Å²) in [5.41, 5.74) is 1.48. The van der Waals surface area contributed by atoms with E-state index in [1.54, 1.807) is 0 Å². The summed E-state index contributed by atoms with van der Waals surface area (Å²) < 4.78 is 0. The Morgan fingerprint density at radius 3 is 3.00 bits per heavy atom. The van der Waals surface area contributed by atoms with E-state index in [0.717, 1.165) is 11.4 Å². The number of nitrogens with zero attached hydrogens (tertiary/aromatic N) is 2. The average molecular weight is 292 g/mol. The zero-order valence-corrected chi connectivity index (χ0v) is 12.3. The van der Waals surface area contributed by atoms with Crippen LogP contribution in [0.15, 0.2) is 11.6 Å². The van der Waals surface area contributed by atoms with Gasteiger partial charge in [0.15, 0.2) is 0 Å². The van der Waals surface area contributed by atoms with Gasteiger partial charge in [0.1, 0.15) is 5.01 Å². The number of rotatable bonds is 5. The van der Waals surface area contributed by atoms with E-state index < -0.39 is 0 Å². The number of hydrogen-bond acceptors (Lipinski definition) is 4. The van der Waals surface area contributed by atoms with Gasteiger partial charge in [-0.15, -0.1) is 10.2 Å². The predicted molar refractivity (Wildman–Crippen MR) is 80.1 cm³/mol. The van der Waals surface area contributed by atoms with Crippen molar-refractivity contribution in [2.24, 2.45) is 0 Å². The number of urea groups is 1. The van der Waals surface area contributed by atoms with Crippen LogP contribution in [0, 0.1) is 0 Å². The van der Waals surface area contributed by atoms with E-state index in [-0.39, 0.29) is 6.03 Å². The van der Waals surface area contributed by atoms with E-state index in [0.29, 0.717) is 17.6 Å². The second kappa shape index (κ2) is 6.35. The van der Waals surface area contributed by atoms with Crippen molar-refractivity contribution in [3.63, 3.8) is 0 Å². The molecule has 2 amide bonds. The van der Waals surface area contributed by atoms with Gasteiger partial charge in [0.25, 0.3) is 0 Å². The largest absolute Gasteiger partial charge is 0.337 e. The molecule has 0 atom stereocenters. The summed E-state index contributed by atoms with van der Waals surface area (Å²) in [6.07, 6.45) is 10.6. The highest BCUT2D eigenvalue weighted by molar-refractivity contribution is 7.15. The van der Waals surface area contributed by atoms with Gasteiger partial charge in [-0.25, -0.2) is 4.79 Å². The standard InChI is InChI=1S/C14H20N4OS/c19-13(15-9-8-10-4-2-1-3-5-10)16-14-18-17-12(20-14)11-6-7-11/h4,11H,1-3,5-9H2,(H2,15,16,18,19). The van der Waals surface area contributed by atoms with E-state index in [4.69, 9.17) is 0 Å². The first-order valence-electron chi connectivity index (χ1n) is 7.37. The molecule has 1 aromatic heterocycles. The lowest BCUT2D eigenvalue weighted by Crippen LogP contribution is -2.29. The van der Waals surface area contributed by atoms with Gasteiger partial charge >= 0.3 is 6.03 Å². The van der Waals surface area contributed by atoms with E-state index >= 15 is 0 Å². The molecule has 5 nitrogen and oxygen atoms in total. The Morgan fingerprint density at radius 2 is 2.25 bits per heavy atom. The molecule has 0 aliphatic heterocycles. The lowest BCUT2D eigenvalue weighted by atomic mass is 9.97. The number of amides is 2. The fourth-order valence-corrected chi connectivity index (χ4v) is 3.30. The second-order valence-corrected chi connectivity index (χ2v) is 6.47. The number of carbonyl (C=O) groups is 1. The minimum Gasteiger partial charge on any atom is -0.337 e. The van der Waals surface area contributed by atoms with E-state index in [9.17, 15) is 4.79 Å². The van der Waals surface area contributed by atoms with Crippen molar-refractivity contribution < 1.29 is 4.79 Å². The number of aromatic nitrogens is 2. The first kappa shape index (κ1) is 13.5. The first-order valence-corrected chi connectivity index (χ1v) is 8.19. The minimum absolute atomic E-state index is 0.181. The van der Waals surface area contributed by atoms with E-state index in [1.165, 1.54) is 55.4 Å². The van der Waals surface area contributed by atoms with Gasteiger partial charge in [0.2, 0.25) is 5.13 Å². The lowest BCUT2D eigenvalue weighted by molar-refractivity contribution is 0.252. The molecule has 0 saturated heterocycles. The monoisotopic (exact) mass is 292 g/mol. The van der Waals surface area contributed by atoms with Gasteiger partial charge in [-0.3, -0.25) is 5.32 Å². The molecule has 2 N–H and O–H groups in total. The number of anilines is 1. The number of carbonyl (C=O) groups excluding carboxylic acids is 1. The second-order valence-electron chi connectivity index (χ2n) is 5.46. The third kappa shape index (κ3) is 3.79. The van der Waals surface area contributed by atoms with Crippen molar-refractivity contribution in [2.75, 3.05) is 11.9 Å². The van der Waals surface area contributed by atoms with Gasteiger partial charge in [-0.1, -0.05) is 23.0 Å². The van der Waals surface area contributed by atoms with Crippen LogP contribution in [-0.2, 0) is 0 Å². The van der Waals surface area contributed by atoms with Crippen molar-refractivity contribution >= 4 is 22.5 Å². The van der Waals surface area contributed by atoms with Crippen molar-refractivity contribution in [3.05, 3.63) is 16.7 Å². The van der Waals surface area contributed by atoms with Crippen LogP contribution in [-0.4, -0.2) is 22.8 Å². The Morgan fingerprint density at radius 1 is 1.35 bits per heavy atom. The minimum atomic E-state index is -0.181. The smallest absolute Gasteiger partial charge is 0.321 e. The molecule has 0 aromatic carbocycles. The van der Waals surface area contributed by atoms with Gasteiger partial charge in [-0.05, 0) is 44.9 Å². The average Bonchev–Trinajstić information content (AvgIpc) is 3.21. The van der Waals surface area contributed by atoms with Crippen molar-refractivity contribution in [3.8, 4) is 0 Å². The normalized spacial score (nSPS) is 18.5. The van der Waals surface area contributed by atoms with E-state index in [1.807, 2.05) is 0 Å². The van der Waals surface area contributed by atoms with Crippen LogP contribution in [0.1, 0.15) is 55.9 Å². The molecule has 3 rings (SSSR count). The maximum Gasteiger partial charge on any atom is 0.321 e. The molecule has 1 fully saturated rings. The highest BCUT2D eigenvalue weighted by Gasteiger charge is 2.27. The molecule has 0 unspecified atom stereocenters. The summed E-state index contributed by atoms with van der Waals surface area (Å²) in [5.74, 6) is 0.587. The Labute approximate surface area is 122 Å². The number of hydrogen-bond donors (Lipinski definition) is 2. The SMILES string of the molecule is O=C(NCCC1=CCCCC1)Nc1nnc(C2CC2)s1. The summed E-state index contributed by atoms with van der Waals surface area (Å²) in [4.78, 5) is 11.7.